The molecular weight excluding hydrogens is 198 g/mol. The molecule has 0 heterocycles. The van der Waals surface area contributed by atoms with E-state index in [1.54, 1.807) is 0 Å². The number of rotatable bonds is 4. The standard InChI is InChI=1S/C14H23NO/c1-3-4-8-12(2)11-15-14(16)13-9-6-5-7-10-13/h3-4,8,13H,5-7,9-11H2,1-2H3,(H,15,16)/b4-3-,12-8+. The Kier molecular flexibility index (Phi) is 5.91. The molecule has 16 heavy (non-hydrogen) atoms. The molecule has 0 aliphatic heterocycles. The fourth-order valence-corrected chi connectivity index (χ4v) is 2.06. The molecule has 1 fully saturated rings. The van der Waals surface area contributed by atoms with Crippen molar-refractivity contribution < 1.29 is 4.79 Å². The Morgan fingerprint density at radius 2 is 2.00 bits per heavy atom. The summed E-state index contributed by atoms with van der Waals surface area (Å²) in [6, 6.07) is 0. The highest BCUT2D eigenvalue weighted by Gasteiger charge is 2.20. The Morgan fingerprint density at radius 3 is 2.62 bits per heavy atom. The number of carbonyl (C=O) groups excluding carboxylic acids is 1. The molecule has 0 radical (unpaired) electrons. The van der Waals surface area contributed by atoms with Crippen molar-refractivity contribution in [3.63, 3.8) is 0 Å². The zero-order valence-corrected chi connectivity index (χ0v) is 10.5. The summed E-state index contributed by atoms with van der Waals surface area (Å²) in [5.74, 6) is 0.510. The second-order valence-electron chi connectivity index (χ2n) is 4.59. The number of carbonyl (C=O) groups is 1. The topological polar surface area (TPSA) is 29.1 Å². The lowest BCUT2D eigenvalue weighted by molar-refractivity contribution is -0.125. The van der Waals surface area contributed by atoms with E-state index < -0.39 is 0 Å². The van der Waals surface area contributed by atoms with Gasteiger partial charge in [0, 0.05) is 12.5 Å². The molecular formula is C14H23NO. The molecule has 2 heteroatoms. The second-order valence-corrected chi connectivity index (χ2v) is 4.59. The zero-order valence-electron chi connectivity index (χ0n) is 10.5. The van der Waals surface area contributed by atoms with Crippen LogP contribution in [0.4, 0.5) is 0 Å². The Balaban J connectivity index is 2.28. The smallest absolute Gasteiger partial charge is 0.223 e. The SMILES string of the molecule is C/C=C\C=C(/C)CNC(=O)C1CCCCC1. The third-order valence-electron chi connectivity index (χ3n) is 3.09. The summed E-state index contributed by atoms with van der Waals surface area (Å²) in [5.41, 5.74) is 1.20. The number of hydrogen-bond acceptors (Lipinski definition) is 1. The molecule has 0 spiro atoms. The Morgan fingerprint density at radius 1 is 1.31 bits per heavy atom. The second kappa shape index (κ2) is 7.26. The highest BCUT2D eigenvalue weighted by atomic mass is 16.1. The molecule has 0 atom stereocenters. The maximum absolute atomic E-state index is 11.8. The Labute approximate surface area is 98.8 Å². The molecule has 1 rings (SSSR count). The van der Waals surface area contributed by atoms with Crippen molar-refractivity contribution in [1.82, 2.24) is 5.32 Å². The van der Waals surface area contributed by atoms with Crippen LogP contribution in [0, 0.1) is 5.92 Å². The average Bonchev–Trinajstić information content (AvgIpc) is 2.34. The van der Waals surface area contributed by atoms with Gasteiger partial charge >= 0.3 is 0 Å². The first-order valence-corrected chi connectivity index (χ1v) is 6.30. The van der Waals surface area contributed by atoms with Crippen LogP contribution in [0.15, 0.2) is 23.8 Å². The molecule has 0 aromatic carbocycles. The monoisotopic (exact) mass is 221 g/mol. The predicted molar refractivity (Wildman–Crippen MR) is 68.2 cm³/mol. The van der Waals surface area contributed by atoms with Gasteiger partial charge in [-0.05, 0) is 26.7 Å². The van der Waals surface area contributed by atoms with Gasteiger partial charge in [-0.2, -0.15) is 0 Å². The van der Waals surface area contributed by atoms with Gasteiger partial charge in [0.05, 0.1) is 0 Å². The van der Waals surface area contributed by atoms with E-state index in [9.17, 15) is 4.79 Å². The van der Waals surface area contributed by atoms with Crippen molar-refractivity contribution in [2.24, 2.45) is 5.92 Å². The van der Waals surface area contributed by atoms with E-state index in [1.165, 1.54) is 24.8 Å². The third kappa shape index (κ3) is 4.65. The molecule has 2 nitrogen and oxygen atoms in total. The lowest BCUT2D eigenvalue weighted by Gasteiger charge is -2.20. The van der Waals surface area contributed by atoms with E-state index in [4.69, 9.17) is 0 Å². The van der Waals surface area contributed by atoms with Gasteiger partial charge < -0.3 is 5.32 Å². The molecule has 1 saturated carbocycles. The van der Waals surface area contributed by atoms with Crippen LogP contribution in [-0.2, 0) is 4.79 Å². The van der Waals surface area contributed by atoms with Crippen LogP contribution in [0.2, 0.25) is 0 Å². The van der Waals surface area contributed by atoms with Crippen LogP contribution in [0.3, 0.4) is 0 Å². The zero-order chi connectivity index (χ0) is 11.8. The molecule has 90 valence electrons. The van der Waals surface area contributed by atoms with Crippen LogP contribution >= 0.6 is 0 Å². The fraction of sp³-hybridized carbons (Fsp3) is 0.643. The van der Waals surface area contributed by atoms with Crippen LogP contribution in [0.1, 0.15) is 46.0 Å². The van der Waals surface area contributed by atoms with Crippen LogP contribution in [0.5, 0.6) is 0 Å². The van der Waals surface area contributed by atoms with Crippen LogP contribution in [-0.4, -0.2) is 12.5 Å². The highest BCUT2D eigenvalue weighted by Crippen LogP contribution is 2.23. The lowest BCUT2D eigenvalue weighted by Crippen LogP contribution is -2.32. The Hall–Kier alpha value is -1.05. The van der Waals surface area contributed by atoms with Gasteiger partial charge in [-0.25, -0.2) is 0 Å². The summed E-state index contributed by atoms with van der Waals surface area (Å²) >= 11 is 0. The molecule has 0 aromatic heterocycles. The third-order valence-corrected chi connectivity index (χ3v) is 3.09. The number of hydrogen-bond donors (Lipinski definition) is 1. The minimum absolute atomic E-state index is 0.243. The van der Waals surface area contributed by atoms with Gasteiger partial charge in [-0.1, -0.05) is 43.1 Å². The summed E-state index contributed by atoms with van der Waals surface area (Å²) in [7, 11) is 0. The van der Waals surface area contributed by atoms with Crippen LogP contribution < -0.4 is 5.32 Å². The predicted octanol–water partition coefficient (Wildman–Crippen LogP) is 3.21. The molecule has 1 amide bonds. The number of amides is 1. The van der Waals surface area contributed by atoms with E-state index in [0.29, 0.717) is 6.54 Å². The maximum atomic E-state index is 11.8. The summed E-state index contributed by atoms with van der Waals surface area (Å²) in [6.45, 7) is 4.71. The average molecular weight is 221 g/mol. The van der Waals surface area contributed by atoms with Gasteiger partial charge in [0.25, 0.3) is 0 Å². The van der Waals surface area contributed by atoms with E-state index >= 15 is 0 Å². The van der Waals surface area contributed by atoms with E-state index in [0.717, 1.165) is 12.8 Å². The highest BCUT2D eigenvalue weighted by molar-refractivity contribution is 5.78. The first kappa shape index (κ1) is 13.0. The van der Waals surface area contributed by atoms with Crippen molar-refractivity contribution >= 4 is 5.91 Å². The van der Waals surface area contributed by atoms with Gasteiger partial charge in [-0.3, -0.25) is 4.79 Å². The first-order valence-electron chi connectivity index (χ1n) is 6.30. The van der Waals surface area contributed by atoms with Gasteiger partial charge in [0.2, 0.25) is 5.91 Å². The molecule has 1 N–H and O–H groups in total. The van der Waals surface area contributed by atoms with Crippen molar-refractivity contribution in [2.45, 2.75) is 46.0 Å². The fourth-order valence-electron chi connectivity index (χ4n) is 2.06. The summed E-state index contributed by atoms with van der Waals surface area (Å²) in [4.78, 5) is 11.8. The van der Waals surface area contributed by atoms with Crippen molar-refractivity contribution in [1.29, 1.82) is 0 Å². The molecule has 0 bridgehead atoms. The van der Waals surface area contributed by atoms with Crippen molar-refractivity contribution in [3.8, 4) is 0 Å². The van der Waals surface area contributed by atoms with Crippen molar-refractivity contribution in [2.75, 3.05) is 6.54 Å². The Bertz CT molecular complexity index is 272. The quantitative estimate of drug-likeness (QED) is 0.726. The minimum atomic E-state index is 0.243. The van der Waals surface area contributed by atoms with E-state index in [1.807, 2.05) is 32.1 Å². The number of nitrogens with one attached hydrogen (secondary N) is 1. The molecule has 0 saturated heterocycles. The largest absolute Gasteiger partial charge is 0.352 e. The maximum Gasteiger partial charge on any atom is 0.223 e. The van der Waals surface area contributed by atoms with E-state index in [2.05, 4.69) is 5.32 Å². The molecule has 1 aliphatic carbocycles. The molecule has 0 aromatic rings. The summed E-state index contributed by atoms with van der Waals surface area (Å²) < 4.78 is 0. The summed E-state index contributed by atoms with van der Waals surface area (Å²) in [5, 5.41) is 3.02. The van der Waals surface area contributed by atoms with Gasteiger partial charge in [-0.15, -0.1) is 0 Å². The molecule has 1 aliphatic rings. The van der Waals surface area contributed by atoms with Gasteiger partial charge in [0.15, 0.2) is 0 Å². The lowest BCUT2D eigenvalue weighted by atomic mass is 9.88. The van der Waals surface area contributed by atoms with E-state index in [-0.39, 0.29) is 11.8 Å². The summed E-state index contributed by atoms with van der Waals surface area (Å²) in [6.07, 6.45) is 11.9. The first-order chi connectivity index (χ1) is 7.74. The minimum Gasteiger partial charge on any atom is -0.352 e. The number of allylic oxidation sites excluding steroid dienone is 3. The molecule has 0 unspecified atom stereocenters. The normalized spacial score (nSPS) is 19.0. The van der Waals surface area contributed by atoms with Crippen LogP contribution in [0.25, 0.3) is 0 Å². The van der Waals surface area contributed by atoms with Crippen molar-refractivity contribution in [3.05, 3.63) is 23.8 Å². The van der Waals surface area contributed by atoms with Gasteiger partial charge in [0.1, 0.15) is 0 Å².